The van der Waals surface area contributed by atoms with Crippen LogP contribution in [0.2, 0.25) is 0 Å². The van der Waals surface area contributed by atoms with E-state index in [1.807, 2.05) is 0 Å². The summed E-state index contributed by atoms with van der Waals surface area (Å²) in [5, 5.41) is 0. The van der Waals surface area contributed by atoms with E-state index < -0.39 is 17.5 Å². The first-order valence-corrected chi connectivity index (χ1v) is 6.01. The van der Waals surface area contributed by atoms with Gasteiger partial charge in [-0.05, 0) is 25.0 Å². The van der Waals surface area contributed by atoms with Gasteiger partial charge in [-0.15, -0.1) is 0 Å². The van der Waals surface area contributed by atoms with Crippen LogP contribution in [-0.4, -0.2) is 17.9 Å². The van der Waals surface area contributed by atoms with Gasteiger partial charge in [0, 0.05) is 24.9 Å². The zero-order valence-electron chi connectivity index (χ0n) is 9.63. The Morgan fingerprint density at radius 1 is 1.00 bits per heavy atom. The molecule has 2 aliphatic heterocycles. The van der Waals surface area contributed by atoms with E-state index in [1.165, 1.54) is 6.07 Å². The molecule has 2 atom stereocenters. The zero-order chi connectivity index (χ0) is 12.9. The van der Waals surface area contributed by atoms with Gasteiger partial charge in [0.2, 0.25) is 0 Å². The fraction of sp³-hybridized carbons (Fsp3) is 0.462. The van der Waals surface area contributed by atoms with Crippen LogP contribution in [0.25, 0.3) is 0 Å². The number of fused-ring (bicyclic) bond motifs is 2. The number of ketones is 1. The minimum Gasteiger partial charge on any atom is -0.362 e. The summed E-state index contributed by atoms with van der Waals surface area (Å²) in [6.45, 7) is 0. The van der Waals surface area contributed by atoms with Crippen molar-refractivity contribution >= 4 is 11.5 Å². The molecular formula is C13H12F3NO. The predicted molar refractivity (Wildman–Crippen MR) is 59.8 cm³/mol. The van der Waals surface area contributed by atoms with Crippen molar-refractivity contribution < 1.29 is 18.0 Å². The molecule has 1 aromatic carbocycles. The third kappa shape index (κ3) is 1.61. The number of rotatable bonds is 1. The summed E-state index contributed by atoms with van der Waals surface area (Å²) >= 11 is 0. The van der Waals surface area contributed by atoms with Crippen molar-refractivity contribution in [2.75, 3.05) is 4.90 Å². The van der Waals surface area contributed by atoms with Crippen molar-refractivity contribution in [3.63, 3.8) is 0 Å². The Hall–Kier alpha value is -1.52. The van der Waals surface area contributed by atoms with Crippen LogP contribution < -0.4 is 4.90 Å². The van der Waals surface area contributed by atoms with Crippen molar-refractivity contribution in [2.45, 2.75) is 37.8 Å². The average molecular weight is 255 g/mol. The predicted octanol–water partition coefficient (Wildman–Crippen LogP) is 2.80. The Kier molecular flexibility index (Phi) is 2.57. The van der Waals surface area contributed by atoms with Crippen molar-refractivity contribution in [3.05, 3.63) is 29.6 Å². The quantitative estimate of drug-likeness (QED) is 0.719. The second kappa shape index (κ2) is 4.00. The highest BCUT2D eigenvalue weighted by Crippen LogP contribution is 2.39. The maximum Gasteiger partial charge on any atom is 0.196 e. The number of hydrogen-bond acceptors (Lipinski definition) is 2. The van der Waals surface area contributed by atoms with Crippen LogP contribution >= 0.6 is 0 Å². The molecule has 2 bridgehead atoms. The van der Waals surface area contributed by atoms with Gasteiger partial charge in [-0.2, -0.15) is 0 Å². The highest BCUT2D eigenvalue weighted by atomic mass is 19.2. The molecular weight excluding hydrogens is 243 g/mol. The summed E-state index contributed by atoms with van der Waals surface area (Å²) in [6, 6.07) is 2.05. The van der Waals surface area contributed by atoms with E-state index in [9.17, 15) is 18.0 Å². The lowest BCUT2D eigenvalue weighted by atomic mass is 10.0. The lowest BCUT2D eigenvalue weighted by Crippen LogP contribution is -2.43. The minimum absolute atomic E-state index is 0.0735. The second-order valence-corrected chi connectivity index (χ2v) is 4.93. The number of piperidine rings is 1. The van der Waals surface area contributed by atoms with E-state index in [1.54, 1.807) is 4.90 Å². The SMILES string of the molecule is O=C1CC2CCC(C1)N2c1ccc(F)c(F)c1F. The topological polar surface area (TPSA) is 20.3 Å². The average Bonchev–Trinajstić information content (AvgIpc) is 2.59. The first-order valence-electron chi connectivity index (χ1n) is 6.01. The minimum atomic E-state index is -1.44. The van der Waals surface area contributed by atoms with E-state index in [-0.39, 0.29) is 23.6 Å². The number of carbonyl (C=O) groups is 1. The monoisotopic (exact) mass is 255 g/mol. The lowest BCUT2D eigenvalue weighted by molar-refractivity contribution is -0.120. The first kappa shape index (κ1) is 11.6. The molecule has 0 amide bonds. The standard InChI is InChI=1S/C13H12F3NO/c14-10-3-4-11(13(16)12(10)15)17-7-1-2-8(17)6-9(18)5-7/h3-4,7-8H,1-2,5-6H2. The number of benzene rings is 1. The number of anilines is 1. The maximum absolute atomic E-state index is 13.8. The van der Waals surface area contributed by atoms with Crippen LogP contribution in [0.1, 0.15) is 25.7 Å². The molecule has 1 aromatic rings. The van der Waals surface area contributed by atoms with Gasteiger partial charge >= 0.3 is 0 Å². The number of hydrogen-bond donors (Lipinski definition) is 0. The molecule has 0 aliphatic carbocycles. The zero-order valence-corrected chi connectivity index (χ0v) is 9.63. The molecule has 0 spiro atoms. The molecule has 18 heavy (non-hydrogen) atoms. The van der Waals surface area contributed by atoms with Gasteiger partial charge in [-0.25, -0.2) is 13.2 Å². The van der Waals surface area contributed by atoms with Crippen molar-refractivity contribution in [2.24, 2.45) is 0 Å². The Bertz CT molecular complexity index is 501. The normalized spacial score (nSPS) is 26.8. The van der Waals surface area contributed by atoms with Crippen LogP contribution in [0.4, 0.5) is 18.9 Å². The van der Waals surface area contributed by atoms with Crippen LogP contribution in [0.5, 0.6) is 0 Å². The number of Topliss-reactive ketones (excluding diaryl/α,β-unsaturated/α-hetero) is 1. The van der Waals surface area contributed by atoms with Crippen LogP contribution in [0.15, 0.2) is 12.1 Å². The largest absolute Gasteiger partial charge is 0.362 e. The van der Waals surface area contributed by atoms with E-state index in [4.69, 9.17) is 0 Å². The molecule has 2 aliphatic rings. The van der Waals surface area contributed by atoms with Crippen LogP contribution in [-0.2, 0) is 4.79 Å². The summed E-state index contributed by atoms with van der Waals surface area (Å²) < 4.78 is 39.9. The van der Waals surface area contributed by atoms with Gasteiger partial charge in [-0.1, -0.05) is 0 Å². The molecule has 2 fully saturated rings. The molecule has 0 saturated carbocycles. The Balaban J connectivity index is 2.01. The fourth-order valence-corrected chi connectivity index (χ4v) is 3.08. The molecule has 2 unspecified atom stereocenters. The van der Waals surface area contributed by atoms with E-state index in [0.29, 0.717) is 12.8 Å². The fourth-order valence-electron chi connectivity index (χ4n) is 3.08. The highest BCUT2D eigenvalue weighted by molar-refractivity contribution is 5.83. The molecule has 0 aromatic heterocycles. The van der Waals surface area contributed by atoms with Gasteiger partial charge in [0.15, 0.2) is 17.5 Å². The number of nitrogens with zero attached hydrogens (tertiary/aromatic N) is 1. The summed E-state index contributed by atoms with van der Waals surface area (Å²) in [7, 11) is 0. The molecule has 0 radical (unpaired) electrons. The molecule has 2 nitrogen and oxygen atoms in total. The second-order valence-electron chi connectivity index (χ2n) is 4.93. The van der Waals surface area contributed by atoms with Gasteiger partial charge in [0.05, 0.1) is 5.69 Å². The summed E-state index contributed by atoms with van der Waals surface area (Å²) in [5.74, 6) is -3.61. The molecule has 3 rings (SSSR count). The smallest absolute Gasteiger partial charge is 0.196 e. The van der Waals surface area contributed by atoms with Crippen molar-refractivity contribution in [1.82, 2.24) is 0 Å². The van der Waals surface area contributed by atoms with Gasteiger partial charge in [-0.3, -0.25) is 4.79 Å². The molecule has 2 heterocycles. The summed E-state index contributed by atoms with van der Waals surface area (Å²) in [4.78, 5) is 13.2. The van der Waals surface area contributed by atoms with Crippen molar-refractivity contribution in [3.8, 4) is 0 Å². The summed E-state index contributed by atoms with van der Waals surface area (Å²) in [6.07, 6.45) is 2.34. The van der Waals surface area contributed by atoms with Crippen molar-refractivity contribution in [1.29, 1.82) is 0 Å². The van der Waals surface area contributed by atoms with Gasteiger partial charge in [0.25, 0.3) is 0 Å². The first-order chi connectivity index (χ1) is 8.58. The Morgan fingerprint density at radius 3 is 2.22 bits per heavy atom. The number of carbonyl (C=O) groups excluding carboxylic acids is 1. The van der Waals surface area contributed by atoms with Gasteiger partial charge < -0.3 is 4.90 Å². The molecule has 2 saturated heterocycles. The van der Waals surface area contributed by atoms with E-state index in [0.717, 1.165) is 18.9 Å². The number of halogens is 3. The maximum atomic E-state index is 13.8. The van der Waals surface area contributed by atoms with E-state index in [2.05, 4.69) is 0 Å². The third-order valence-electron chi connectivity index (χ3n) is 3.84. The van der Waals surface area contributed by atoms with Crippen LogP contribution in [0, 0.1) is 17.5 Å². The lowest BCUT2D eigenvalue weighted by Gasteiger charge is -2.36. The van der Waals surface area contributed by atoms with Crippen LogP contribution in [0.3, 0.4) is 0 Å². The molecule has 0 N–H and O–H groups in total. The summed E-state index contributed by atoms with van der Waals surface area (Å²) in [5.41, 5.74) is 0.0777. The van der Waals surface area contributed by atoms with E-state index >= 15 is 0 Å². The third-order valence-corrected chi connectivity index (χ3v) is 3.84. The van der Waals surface area contributed by atoms with Gasteiger partial charge in [0.1, 0.15) is 5.78 Å². The molecule has 5 heteroatoms. The Labute approximate surface area is 102 Å². The highest BCUT2D eigenvalue weighted by Gasteiger charge is 2.41. The molecule has 96 valence electrons. The Morgan fingerprint density at radius 2 is 1.61 bits per heavy atom.